The van der Waals surface area contributed by atoms with Crippen LogP contribution in [0.3, 0.4) is 0 Å². The van der Waals surface area contributed by atoms with Crippen LogP contribution in [0.1, 0.15) is 42.4 Å². The lowest BCUT2D eigenvalue weighted by Gasteiger charge is -2.51. The fourth-order valence-electron chi connectivity index (χ4n) is 3.77. The molecule has 25 heavy (non-hydrogen) atoms. The van der Waals surface area contributed by atoms with Crippen LogP contribution in [0.15, 0.2) is 18.2 Å². The van der Waals surface area contributed by atoms with Gasteiger partial charge in [0, 0.05) is 26.1 Å². The summed E-state index contributed by atoms with van der Waals surface area (Å²) in [7, 11) is 1.34. The Morgan fingerprint density at radius 3 is 2.80 bits per heavy atom. The minimum absolute atomic E-state index is 0.301. The lowest BCUT2D eigenvalue weighted by molar-refractivity contribution is -0.246. The molecule has 1 aromatic rings. The van der Waals surface area contributed by atoms with Gasteiger partial charge in [0.2, 0.25) is 0 Å². The van der Waals surface area contributed by atoms with E-state index >= 15 is 0 Å². The molecule has 1 aromatic heterocycles. The van der Waals surface area contributed by atoms with E-state index in [0.717, 1.165) is 18.8 Å². The number of aliphatic hydroxyl groups excluding tert-OH is 1. The quantitative estimate of drug-likeness (QED) is 0.777. The molecule has 2 aliphatic heterocycles. The molecular weight excluding hydrogens is 324 g/mol. The van der Waals surface area contributed by atoms with Gasteiger partial charge < -0.3 is 19.7 Å². The Balaban J connectivity index is 1.62. The van der Waals surface area contributed by atoms with Crippen molar-refractivity contribution in [2.24, 2.45) is 0 Å². The number of nitrogens with zero attached hydrogens (tertiary/aromatic N) is 2. The van der Waals surface area contributed by atoms with Crippen molar-refractivity contribution in [1.29, 1.82) is 0 Å². The molecule has 2 fully saturated rings. The largest absolute Gasteiger partial charge is 0.464 e. The molecule has 0 unspecified atom stereocenters. The standard InChI is InChI=1S/C18H26N2O5/c1-17(23)8-11-25-18(16(17)22)6-9-20(10-7-18)12-13-4-3-5-14(19-13)15(21)24-2/h3-5,16,22-23H,6-12H2,1-2H3/t16-,17+/m0/s1. The van der Waals surface area contributed by atoms with Gasteiger partial charge in [0.05, 0.1) is 30.6 Å². The van der Waals surface area contributed by atoms with Crippen LogP contribution in [0.25, 0.3) is 0 Å². The molecule has 0 aromatic carbocycles. The number of likely N-dealkylation sites (tertiary alicyclic amines) is 1. The van der Waals surface area contributed by atoms with Gasteiger partial charge in [-0.05, 0) is 31.9 Å². The topological polar surface area (TPSA) is 92.1 Å². The molecule has 0 bridgehead atoms. The van der Waals surface area contributed by atoms with Gasteiger partial charge in [-0.1, -0.05) is 6.07 Å². The molecule has 3 heterocycles. The highest BCUT2D eigenvalue weighted by Gasteiger charge is 2.52. The van der Waals surface area contributed by atoms with Crippen molar-refractivity contribution in [2.45, 2.75) is 50.0 Å². The third-order valence-electron chi connectivity index (χ3n) is 5.37. The van der Waals surface area contributed by atoms with Crippen LogP contribution in [0, 0.1) is 0 Å². The molecule has 2 aliphatic rings. The summed E-state index contributed by atoms with van der Waals surface area (Å²) >= 11 is 0. The third kappa shape index (κ3) is 3.69. The summed E-state index contributed by atoms with van der Waals surface area (Å²) in [6, 6.07) is 5.31. The number of hydrogen-bond donors (Lipinski definition) is 2. The molecule has 2 N–H and O–H groups in total. The molecule has 0 saturated carbocycles. The van der Waals surface area contributed by atoms with Gasteiger partial charge in [-0.2, -0.15) is 0 Å². The van der Waals surface area contributed by atoms with E-state index in [0.29, 0.717) is 38.1 Å². The first-order valence-electron chi connectivity index (χ1n) is 8.67. The molecule has 0 aliphatic carbocycles. The van der Waals surface area contributed by atoms with Gasteiger partial charge in [0.25, 0.3) is 0 Å². The number of hydrogen-bond acceptors (Lipinski definition) is 7. The Morgan fingerprint density at radius 1 is 1.40 bits per heavy atom. The molecular formula is C18H26N2O5. The molecule has 2 saturated heterocycles. The molecule has 3 rings (SSSR count). The highest BCUT2D eigenvalue weighted by atomic mass is 16.5. The van der Waals surface area contributed by atoms with Crippen LogP contribution < -0.4 is 0 Å². The smallest absolute Gasteiger partial charge is 0.356 e. The fraction of sp³-hybridized carbons (Fsp3) is 0.667. The predicted octanol–water partition coefficient (Wildman–Crippen LogP) is 0.735. The second kappa shape index (κ2) is 6.99. The maximum Gasteiger partial charge on any atom is 0.356 e. The zero-order valence-corrected chi connectivity index (χ0v) is 14.8. The number of piperidine rings is 1. The first-order valence-corrected chi connectivity index (χ1v) is 8.67. The van der Waals surface area contributed by atoms with E-state index in [9.17, 15) is 15.0 Å². The van der Waals surface area contributed by atoms with Gasteiger partial charge in [-0.25, -0.2) is 9.78 Å². The van der Waals surface area contributed by atoms with Gasteiger partial charge in [-0.3, -0.25) is 4.90 Å². The van der Waals surface area contributed by atoms with E-state index in [1.165, 1.54) is 7.11 Å². The van der Waals surface area contributed by atoms with Crippen molar-refractivity contribution in [3.05, 3.63) is 29.6 Å². The van der Waals surface area contributed by atoms with Crippen LogP contribution in [0.2, 0.25) is 0 Å². The Morgan fingerprint density at radius 2 is 2.12 bits per heavy atom. The molecule has 7 heteroatoms. The van der Waals surface area contributed by atoms with Crippen LogP contribution in [-0.4, -0.2) is 70.2 Å². The van der Waals surface area contributed by atoms with Crippen LogP contribution in [0.4, 0.5) is 0 Å². The fourth-order valence-corrected chi connectivity index (χ4v) is 3.77. The van der Waals surface area contributed by atoms with Crippen molar-refractivity contribution in [1.82, 2.24) is 9.88 Å². The summed E-state index contributed by atoms with van der Waals surface area (Å²) in [5, 5.41) is 20.9. The summed E-state index contributed by atoms with van der Waals surface area (Å²) in [4.78, 5) is 18.2. The van der Waals surface area contributed by atoms with Crippen LogP contribution in [-0.2, 0) is 16.0 Å². The maximum absolute atomic E-state index is 11.6. The van der Waals surface area contributed by atoms with E-state index in [1.54, 1.807) is 19.1 Å². The van der Waals surface area contributed by atoms with Crippen molar-refractivity contribution in [3.63, 3.8) is 0 Å². The minimum atomic E-state index is -1.10. The van der Waals surface area contributed by atoms with E-state index < -0.39 is 23.3 Å². The molecule has 1 spiro atoms. The molecule has 0 radical (unpaired) electrons. The average Bonchev–Trinajstić information content (AvgIpc) is 2.61. The van der Waals surface area contributed by atoms with Gasteiger partial charge in [-0.15, -0.1) is 0 Å². The highest BCUT2D eigenvalue weighted by molar-refractivity contribution is 5.87. The van der Waals surface area contributed by atoms with E-state index in [4.69, 9.17) is 9.47 Å². The Bertz CT molecular complexity index is 626. The number of aliphatic hydroxyl groups is 2. The number of methoxy groups -OCH3 is 1. The molecule has 0 amide bonds. The second-order valence-electron chi connectivity index (χ2n) is 7.20. The summed E-state index contributed by atoms with van der Waals surface area (Å²) in [6.45, 7) is 4.23. The lowest BCUT2D eigenvalue weighted by atomic mass is 9.75. The maximum atomic E-state index is 11.6. The monoisotopic (exact) mass is 350 g/mol. The third-order valence-corrected chi connectivity index (χ3v) is 5.37. The second-order valence-corrected chi connectivity index (χ2v) is 7.20. The zero-order valence-electron chi connectivity index (χ0n) is 14.8. The molecule has 7 nitrogen and oxygen atoms in total. The summed E-state index contributed by atoms with van der Waals surface area (Å²) in [5.41, 5.74) is -0.664. The Labute approximate surface area is 147 Å². The molecule has 2 atom stereocenters. The highest BCUT2D eigenvalue weighted by Crippen LogP contribution is 2.39. The summed E-state index contributed by atoms with van der Waals surface area (Å²) in [6.07, 6.45) is 0.878. The number of esters is 1. The normalized spacial score (nSPS) is 29.5. The number of carbonyl (C=O) groups excluding carboxylic acids is 1. The van der Waals surface area contributed by atoms with Gasteiger partial charge in [0.15, 0.2) is 0 Å². The minimum Gasteiger partial charge on any atom is -0.464 e. The first-order chi connectivity index (χ1) is 11.9. The number of carbonyl (C=O) groups is 1. The average molecular weight is 350 g/mol. The van der Waals surface area contributed by atoms with Gasteiger partial charge >= 0.3 is 5.97 Å². The van der Waals surface area contributed by atoms with Gasteiger partial charge in [0.1, 0.15) is 11.8 Å². The Kier molecular flexibility index (Phi) is 5.11. The van der Waals surface area contributed by atoms with Crippen molar-refractivity contribution in [2.75, 3.05) is 26.8 Å². The lowest BCUT2D eigenvalue weighted by Crippen LogP contribution is -2.64. The first kappa shape index (κ1) is 18.3. The van der Waals surface area contributed by atoms with E-state index in [2.05, 4.69) is 9.88 Å². The summed E-state index contributed by atoms with van der Waals surface area (Å²) in [5.74, 6) is -0.444. The van der Waals surface area contributed by atoms with Crippen LogP contribution >= 0.6 is 0 Å². The number of pyridine rings is 1. The Hall–Kier alpha value is -1.54. The van der Waals surface area contributed by atoms with E-state index in [1.807, 2.05) is 6.07 Å². The number of ether oxygens (including phenoxy) is 2. The van der Waals surface area contributed by atoms with E-state index in [-0.39, 0.29) is 0 Å². The number of aromatic nitrogens is 1. The van der Waals surface area contributed by atoms with Crippen molar-refractivity contribution < 1.29 is 24.5 Å². The van der Waals surface area contributed by atoms with Crippen molar-refractivity contribution >= 4 is 5.97 Å². The summed E-state index contributed by atoms with van der Waals surface area (Å²) < 4.78 is 10.6. The molecule has 138 valence electrons. The van der Waals surface area contributed by atoms with Crippen LogP contribution in [0.5, 0.6) is 0 Å². The van der Waals surface area contributed by atoms with Crippen molar-refractivity contribution in [3.8, 4) is 0 Å². The SMILES string of the molecule is COC(=O)c1cccc(CN2CCC3(CC2)OCC[C@@](C)(O)[C@@H]3O)n1. The zero-order chi connectivity index (χ0) is 18.1. The predicted molar refractivity (Wildman–Crippen MR) is 90.0 cm³/mol. The number of rotatable bonds is 3.